The summed E-state index contributed by atoms with van der Waals surface area (Å²) in [7, 11) is -3.19. The Morgan fingerprint density at radius 2 is 2.04 bits per heavy atom. The Morgan fingerprint density at radius 3 is 2.65 bits per heavy atom. The summed E-state index contributed by atoms with van der Waals surface area (Å²) >= 11 is 1.53. The van der Waals surface area contributed by atoms with E-state index in [0.29, 0.717) is 31.0 Å². The molecule has 0 spiro atoms. The number of hydrogen-bond donors (Lipinski definition) is 0. The van der Waals surface area contributed by atoms with E-state index >= 15 is 0 Å². The topological polar surface area (TPSA) is 76.6 Å². The molecule has 1 aliphatic heterocycles. The largest absolute Gasteiger partial charge is 0.448 e. The van der Waals surface area contributed by atoms with E-state index in [2.05, 4.69) is 4.98 Å². The average molecular weight is 352 g/mol. The third-order valence-electron chi connectivity index (χ3n) is 3.57. The van der Waals surface area contributed by atoms with Gasteiger partial charge in [-0.1, -0.05) is 12.1 Å². The minimum absolute atomic E-state index is 0.266. The summed E-state index contributed by atoms with van der Waals surface area (Å²) in [5.74, 6) is 0. The van der Waals surface area contributed by atoms with Crippen molar-refractivity contribution in [2.45, 2.75) is 11.3 Å². The lowest BCUT2D eigenvalue weighted by Crippen LogP contribution is -2.26. The Balaban J connectivity index is 1.68. The summed E-state index contributed by atoms with van der Waals surface area (Å²) in [6.45, 7) is 1.68. The van der Waals surface area contributed by atoms with Gasteiger partial charge in [0.1, 0.15) is 6.61 Å². The number of hydrogen-bond acceptors (Lipinski definition) is 6. The second-order valence-corrected chi connectivity index (χ2v) is 8.23. The van der Waals surface area contributed by atoms with Crippen LogP contribution in [0, 0.1) is 0 Å². The molecule has 8 heteroatoms. The van der Waals surface area contributed by atoms with E-state index in [1.165, 1.54) is 17.6 Å². The molecule has 2 heterocycles. The van der Waals surface area contributed by atoms with Crippen molar-refractivity contribution in [3.05, 3.63) is 34.7 Å². The number of benzene rings is 1. The highest BCUT2D eigenvalue weighted by atomic mass is 32.2. The zero-order chi connectivity index (χ0) is 16.4. The van der Waals surface area contributed by atoms with Crippen LogP contribution in [-0.2, 0) is 21.0 Å². The smallest absolute Gasteiger partial charge is 0.409 e. The number of rotatable bonds is 5. The monoisotopic (exact) mass is 352 g/mol. The van der Waals surface area contributed by atoms with Gasteiger partial charge in [-0.25, -0.2) is 18.2 Å². The molecule has 0 unspecified atom stereocenters. The zero-order valence-electron chi connectivity index (χ0n) is 12.6. The van der Waals surface area contributed by atoms with Gasteiger partial charge < -0.3 is 9.64 Å². The molecule has 3 rings (SSSR count). The van der Waals surface area contributed by atoms with Gasteiger partial charge in [-0.2, -0.15) is 0 Å². The normalized spacial score (nSPS) is 15.0. The first-order valence-electron chi connectivity index (χ1n) is 7.10. The number of carbonyl (C=O) groups excluding carboxylic acids is 1. The first-order valence-corrected chi connectivity index (χ1v) is 9.87. The van der Waals surface area contributed by atoms with Crippen LogP contribution in [0.5, 0.6) is 0 Å². The molecule has 0 bridgehead atoms. The van der Waals surface area contributed by atoms with E-state index in [1.807, 2.05) is 5.38 Å². The van der Waals surface area contributed by atoms with E-state index in [-0.39, 0.29) is 6.09 Å². The molecule has 0 radical (unpaired) electrons. The summed E-state index contributed by atoms with van der Waals surface area (Å²) in [5, 5.41) is 2.87. The first kappa shape index (κ1) is 15.9. The second-order valence-electron chi connectivity index (χ2n) is 5.27. The molecule has 23 heavy (non-hydrogen) atoms. The Hall–Kier alpha value is -1.93. The molecule has 1 saturated heterocycles. The molecule has 1 aromatic carbocycles. The number of cyclic esters (lactones) is 1. The molecule has 0 aliphatic carbocycles. The van der Waals surface area contributed by atoms with Crippen molar-refractivity contribution in [3.63, 3.8) is 0 Å². The third kappa shape index (κ3) is 3.70. The summed E-state index contributed by atoms with van der Waals surface area (Å²) in [4.78, 5) is 17.9. The van der Waals surface area contributed by atoms with Gasteiger partial charge in [0.15, 0.2) is 9.84 Å². The molecule has 1 aromatic heterocycles. The van der Waals surface area contributed by atoms with Crippen molar-refractivity contribution in [3.8, 4) is 11.3 Å². The quantitative estimate of drug-likeness (QED) is 0.824. The van der Waals surface area contributed by atoms with E-state index in [4.69, 9.17) is 4.74 Å². The number of ether oxygens (including phenoxy) is 1. The molecule has 1 fully saturated rings. The fourth-order valence-corrected chi connectivity index (χ4v) is 3.72. The van der Waals surface area contributed by atoms with E-state index in [9.17, 15) is 13.2 Å². The van der Waals surface area contributed by atoms with Crippen molar-refractivity contribution in [2.24, 2.45) is 0 Å². The van der Waals surface area contributed by atoms with Crippen molar-refractivity contribution < 1.29 is 17.9 Å². The molecule has 0 N–H and O–H groups in total. The molecule has 0 atom stereocenters. The Bertz CT molecular complexity index is 812. The van der Waals surface area contributed by atoms with Crippen LogP contribution in [0.4, 0.5) is 4.79 Å². The number of amides is 1. The second kappa shape index (κ2) is 6.29. The van der Waals surface area contributed by atoms with Crippen molar-refractivity contribution in [1.29, 1.82) is 0 Å². The van der Waals surface area contributed by atoms with Crippen molar-refractivity contribution in [1.82, 2.24) is 9.88 Å². The Morgan fingerprint density at radius 1 is 1.30 bits per heavy atom. The summed E-state index contributed by atoms with van der Waals surface area (Å²) < 4.78 is 27.8. The molecule has 0 saturated carbocycles. The van der Waals surface area contributed by atoms with Crippen LogP contribution in [0.25, 0.3) is 11.3 Å². The van der Waals surface area contributed by atoms with Crippen molar-refractivity contribution >= 4 is 27.3 Å². The molecular weight excluding hydrogens is 336 g/mol. The Kier molecular flexibility index (Phi) is 4.36. The highest BCUT2D eigenvalue weighted by molar-refractivity contribution is 7.90. The minimum atomic E-state index is -3.19. The van der Waals surface area contributed by atoms with Gasteiger partial charge in [0, 0.05) is 30.2 Å². The molecule has 2 aromatic rings. The third-order valence-corrected chi connectivity index (χ3v) is 5.61. The molecule has 122 valence electrons. The number of nitrogens with zero attached hydrogens (tertiary/aromatic N) is 2. The lowest BCUT2D eigenvalue weighted by molar-refractivity contribution is 0.159. The predicted octanol–water partition coefficient (Wildman–Crippen LogP) is 2.21. The van der Waals surface area contributed by atoms with Crippen LogP contribution in [0.15, 0.2) is 34.5 Å². The van der Waals surface area contributed by atoms with Gasteiger partial charge in [-0.15, -0.1) is 11.3 Å². The fraction of sp³-hybridized carbons (Fsp3) is 0.333. The lowest BCUT2D eigenvalue weighted by Gasteiger charge is -2.10. The molecule has 6 nitrogen and oxygen atoms in total. The van der Waals surface area contributed by atoms with Gasteiger partial charge in [-0.3, -0.25) is 0 Å². The van der Waals surface area contributed by atoms with Crippen LogP contribution in [0.1, 0.15) is 5.01 Å². The van der Waals surface area contributed by atoms with Crippen LogP contribution in [0.2, 0.25) is 0 Å². The Labute approximate surface area is 138 Å². The van der Waals surface area contributed by atoms with Crippen LogP contribution < -0.4 is 0 Å². The van der Waals surface area contributed by atoms with E-state index in [1.54, 1.807) is 29.2 Å². The van der Waals surface area contributed by atoms with Crippen LogP contribution in [0.3, 0.4) is 0 Å². The molecular formula is C15H16N2O4S2. The summed E-state index contributed by atoms with van der Waals surface area (Å²) in [6, 6.07) is 6.69. The zero-order valence-corrected chi connectivity index (χ0v) is 14.2. The van der Waals surface area contributed by atoms with Crippen molar-refractivity contribution in [2.75, 3.05) is 26.0 Å². The number of sulfone groups is 1. The maximum Gasteiger partial charge on any atom is 0.409 e. The van der Waals surface area contributed by atoms with Crippen LogP contribution >= 0.6 is 11.3 Å². The summed E-state index contributed by atoms with van der Waals surface area (Å²) in [6.07, 6.45) is 1.60. The minimum Gasteiger partial charge on any atom is -0.448 e. The average Bonchev–Trinajstić information content (AvgIpc) is 3.13. The van der Waals surface area contributed by atoms with Crippen LogP contribution in [-0.4, -0.2) is 50.3 Å². The predicted molar refractivity (Wildman–Crippen MR) is 87.3 cm³/mol. The van der Waals surface area contributed by atoms with Gasteiger partial charge in [-0.05, 0) is 12.1 Å². The lowest BCUT2D eigenvalue weighted by atomic mass is 10.2. The fourth-order valence-electron chi connectivity index (χ4n) is 2.29. The van der Waals surface area contributed by atoms with E-state index < -0.39 is 9.84 Å². The number of aromatic nitrogens is 1. The highest BCUT2D eigenvalue weighted by Gasteiger charge is 2.21. The van der Waals surface area contributed by atoms with Gasteiger partial charge in [0.25, 0.3) is 0 Å². The first-order chi connectivity index (χ1) is 10.9. The SMILES string of the molecule is CS(=O)(=O)c1ccc(-c2csc(CCN3CCOC3=O)n2)cc1. The highest BCUT2D eigenvalue weighted by Crippen LogP contribution is 2.24. The van der Waals surface area contributed by atoms with Gasteiger partial charge >= 0.3 is 6.09 Å². The summed E-state index contributed by atoms with van der Waals surface area (Å²) in [5.41, 5.74) is 1.69. The standard InChI is InChI=1S/C15H16N2O4S2/c1-23(19,20)12-4-2-11(3-5-12)13-10-22-14(16-13)6-7-17-8-9-21-15(17)18/h2-5,10H,6-9H2,1H3. The van der Waals surface area contributed by atoms with Gasteiger partial charge in [0.2, 0.25) is 0 Å². The number of carbonyl (C=O) groups is 1. The molecule has 1 amide bonds. The maximum absolute atomic E-state index is 11.5. The maximum atomic E-state index is 11.5. The van der Waals surface area contributed by atoms with E-state index in [0.717, 1.165) is 16.3 Å². The molecule has 1 aliphatic rings. The number of thiazole rings is 1. The van der Waals surface area contributed by atoms with Gasteiger partial charge in [0.05, 0.1) is 22.1 Å².